The van der Waals surface area contributed by atoms with Crippen molar-refractivity contribution < 1.29 is 9.59 Å². The van der Waals surface area contributed by atoms with Gasteiger partial charge in [-0.15, -0.1) is 0 Å². The molecule has 6 heteroatoms. The van der Waals surface area contributed by atoms with Crippen LogP contribution >= 0.6 is 0 Å². The molecule has 2 fully saturated rings. The van der Waals surface area contributed by atoms with Crippen molar-refractivity contribution in [2.45, 2.75) is 18.9 Å². The number of ketones is 1. The van der Waals surface area contributed by atoms with Gasteiger partial charge in [-0.3, -0.25) is 9.69 Å². The minimum absolute atomic E-state index is 0.0256. The monoisotopic (exact) mass is 366 g/mol. The normalized spacial score (nSPS) is 20.7. The molecular weight excluding hydrogens is 340 g/mol. The van der Waals surface area contributed by atoms with E-state index in [0.717, 1.165) is 48.9 Å². The van der Waals surface area contributed by atoms with E-state index < -0.39 is 0 Å². The summed E-state index contributed by atoms with van der Waals surface area (Å²) in [7, 11) is 0. The minimum Gasteiger partial charge on any atom is -0.322 e. The molecule has 0 radical (unpaired) electrons. The molecule has 2 heterocycles. The lowest BCUT2D eigenvalue weighted by Crippen LogP contribution is -2.52. The summed E-state index contributed by atoms with van der Waals surface area (Å²) in [4.78, 5) is 29.0. The number of piperazine rings is 1. The Morgan fingerprint density at radius 3 is 2.59 bits per heavy atom. The highest BCUT2D eigenvalue weighted by Crippen LogP contribution is 2.23. The maximum Gasteiger partial charge on any atom is 0.321 e. The zero-order valence-corrected chi connectivity index (χ0v) is 15.5. The number of benzene rings is 2. The molecule has 2 saturated heterocycles. The van der Waals surface area contributed by atoms with Gasteiger partial charge in [-0.2, -0.15) is 0 Å². The first-order valence-electron chi connectivity index (χ1n) is 9.73. The summed E-state index contributed by atoms with van der Waals surface area (Å²) in [5, 5.41) is 8.46. The van der Waals surface area contributed by atoms with Crippen molar-refractivity contribution in [3.8, 4) is 0 Å². The van der Waals surface area contributed by atoms with Crippen molar-refractivity contribution in [3.63, 3.8) is 0 Å². The molecule has 2 aromatic rings. The molecule has 0 bridgehead atoms. The molecule has 27 heavy (non-hydrogen) atoms. The van der Waals surface area contributed by atoms with Crippen LogP contribution in [-0.4, -0.2) is 66.9 Å². The molecule has 6 nitrogen and oxygen atoms in total. The second kappa shape index (κ2) is 8.06. The van der Waals surface area contributed by atoms with Crippen LogP contribution < -0.4 is 10.6 Å². The van der Waals surface area contributed by atoms with E-state index in [-0.39, 0.29) is 17.9 Å². The fraction of sp³-hybridized carbons (Fsp3) is 0.429. The summed E-state index contributed by atoms with van der Waals surface area (Å²) in [5.74, 6) is 0.279. The number of amides is 2. The van der Waals surface area contributed by atoms with Gasteiger partial charge in [0.1, 0.15) is 0 Å². The number of hydrogen-bond donors (Lipinski definition) is 2. The number of nitrogens with one attached hydrogen (secondary N) is 2. The highest BCUT2D eigenvalue weighted by molar-refractivity contribution is 6.01. The predicted octanol–water partition coefficient (Wildman–Crippen LogP) is 2.31. The summed E-state index contributed by atoms with van der Waals surface area (Å²) in [6.45, 7) is 4.18. The second-order valence-electron chi connectivity index (χ2n) is 7.34. The van der Waals surface area contributed by atoms with Crippen LogP contribution in [0.25, 0.3) is 10.8 Å². The Morgan fingerprint density at radius 1 is 1.04 bits per heavy atom. The first-order chi connectivity index (χ1) is 13.2. The summed E-state index contributed by atoms with van der Waals surface area (Å²) >= 11 is 0. The number of carbonyl (C=O) groups is 2. The average Bonchev–Trinajstić information content (AvgIpc) is 3.24. The van der Waals surface area contributed by atoms with Gasteiger partial charge in [0, 0.05) is 31.6 Å². The average molecular weight is 366 g/mol. The molecule has 2 aliphatic rings. The van der Waals surface area contributed by atoms with Gasteiger partial charge in [-0.05, 0) is 30.8 Å². The molecule has 0 aromatic heterocycles. The summed E-state index contributed by atoms with van der Waals surface area (Å²) < 4.78 is 0. The third kappa shape index (κ3) is 4.12. The SMILES string of the molecule is O=C(CN1CCN(C(=O)Nc2cccc3ccccc23)CC1)C1CCCN1. The number of nitrogens with zero attached hydrogens (tertiary/aromatic N) is 2. The van der Waals surface area contributed by atoms with Crippen LogP contribution in [0.5, 0.6) is 0 Å². The van der Waals surface area contributed by atoms with Crippen LogP contribution in [0.15, 0.2) is 42.5 Å². The smallest absolute Gasteiger partial charge is 0.321 e. The van der Waals surface area contributed by atoms with Gasteiger partial charge in [-0.1, -0.05) is 36.4 Å². The van der Waals surface area contributed by atoms with E-state index in [4.69, 9.17) is 0 Å². The van der Waals surface area contributed by atoms with E-state index in [9.17, 15) is 9.59 Å². The number of anilines is 1. The molecule has 1 atom stereocenters. The number of rotatable bonds is 4. The number of carbonyl (C=O) groups excluding carboxylic acids is 2. The minimum atomic E-state index is -0.0743. The van der Waals surface area contributed by atoms with Gasteiger partial charge in [0.2, 0.25) is 0 Å². The molecule has 4 rings (SSSR count). The number of Topliss-reactive ketones (excluding diaryl/α,β-unsaturated/α-hetero) is 1. The summed E-state index contributed by atoms with van der Waals surface area (Å²) in [6.07, 6.45) is 2.03. The van der Waals surface area contributed by atoms with Gasteiger partial charge in [-0.25, -0.2) is 4.79 Å². The Labute approximate surface area is 159 Å². The number of hydrogen-bond acceptors (Lipinski definition) is 4. The molecule has 2 amide bonds. The maximum atomic E-state index is 12.7. The molecule has 2 N–H and O–H groups in total. The van der Waals surface area contributed by atoms with Crippen LogP contribution in [0.1, 0.15) is 12.8 Å². The first kappa shape index (κ1) is 17.9. The molecule has 142 valence electrons. The summed E-state index contributed by atoms with van der Waals surface area (Å²) in [6, 6.07) is 13.9. The van der Waals surface area contributed by atoms with Gasteiger partial charge < -0.3 is 15.5 Å². The molecule has 1 unspecified atom stereocenters. The van der Waals surface area contributed by atoms with Crippen LogP contribution in [0.2, 0.25) is 0 Å². The quantitative estimate of drug-likeness (QED) is 0.872. The fourth-order valence-electron chi connectivity index (χ4n) is 3.93. The Hall–Kier alpha value is -2.44. The van der Waals surface area contributed by atoms with E-state index in [0.29, 0.717) is 19.6 Å². The molecule has 2 aromatic carbocycles. The molecule has 0 saturated carbocycles. The maximum absolute atomic E-state index is 12.7. The highest BCUT2D eigenvalue weighted by atomic mass is 16.2. The van der Waals surface area contributed by atoms with Crippen molar-refractivity contribution in [1.29, 1.82) is 0 Å². The molecular formula is C21H26N4O2. The van der Waals surface area contributed by atoms with Crippen molar-refractivity contribution in [3.05, 3.63) is 42.5 Å². The van der Waals surface area contributed by atoms with Crippen molar-refractivity contribution >= 4 is 28.3 Å². The Balaban J connectivity index is 1.31. The summed E-state index contributed by atoms with van der Waals surface area (Å²) in [5.41, 5.74) is 0.836. The Morgan fingerprint density at radius 2 is 1.81 bits per heavy atom. The predicted molar refractivity (Wildman–Crippen MR) is 107 cm³/mol. The Kier molecular flexibility index (Phi) is 5.36. The topological polar surface area (TPSA) is 64.7 Å². The first-order valence-corrected chi connectivity index (χ1v) is 9.73. The highest BCUT2D eigenvalue weighted by Gasteiger charge is 2.27. The lowest BCUT2D eigenvalue weighted by atomic mass is 10.1. The molecule has 0 aliphatic carbocycles. The number of urea groups is 1. The van der Waals surface area contributed by atoms with E-state index in [1.807, 2.05) is 47.4 Å². The molecule has 2 aliphatic heterocycles. The largest absolute Gasteiger partial charge is 0.322 e. The fourth-order valence-corrected chi connectivity index (χ4v) is 3.93. The van der Waals surface area contributed by atoms with Crippen LogP contribution in [0.3, 0.4) is 0 Å². The van der Waals surface area contributed by atoms with E-state index in [1.54, 1.807) is 0 Å². The van der Waals surface area contributed by atoms with Gasteiger partial charge in [0.15, 0.2) is 5.78 Å². The van der Waals surface area contributed by atoms with E-state index in [2.05, 4.69) is 15.5 Å². The van der Waals surface area contributed by atoms with E-state index >= 15 is 0 Å². The third-order valence-corrected chi connectivity index (χ3v) is 5.52. The van der Waals surface area contributed by atoms with Crippen molar-refractivity contribution in [2.75, 3.05) is 44.6 Å². The zero-order valence-electron chi connectivity index (χ0n) is 15.5. The van der Waals surface area contributed by atoms with Gasteiger partial charge in [0.25, 0.3) is 0 Å². The molecule has 0 spiro atoms. The van der Waals surface area contributed by atoms with Crippen LogP contribution in [0, 0.1) is 0 Å². The van der Waals surface area contributed by atoms with Crippen LogP contribution in [0.4, 0.5) is 10.5 Å². The lowest BCUT2D eigenvalue weighted by Gasteiger charge is -2.34. The number of fused-ring (bicyclic) bond motifs is 1. The van der Waals surface area contributed by atoms with E-state index in [1.165, 1.54) is 0 Å². The lowest BCUT2D eigenvalue weighted by molar-refractivity contribution is -0.122. The van der Waals surface area contributed by atoms with Gasteiger partial charge in [0.05, 0.1) is 18.3 Å². The van der Waals surface area contributed by atoms with Gasteiger partial charge >= 0.3 is 6.03 Å². The van der Waals surface area contributed by atoms with Crippen molar-refractivity contribution in [1.82, 2.24) is 15.1 Å². The Bertz CT molecular complexity index is 819. The standard InChI is InChI=1S/C21H26N4O2/c26-20(19-9-4-10-22-19)15-24-11-13-25(14-12-24)21(27)23-18-8-3-6-16-5-1-2-7-17(16)18/h1-3,5-8,19,22H,4,9-15H2,(H,23,27). The second-order valence-corrected chi connectivity index (χ2v) is 7.34. The van der Waals surface area contributed by atoms with Crippen molar-refractivity contribution in [2.24, 2.45) is 0 Å². The zero-order chi connectivity index (χ0) is 18.6. The third-order valence-electron chi connectivity index (χ3n) is 5.52. The van der Waals surface area contributed by atoms with Crippen LogP contribution in [-0.2, 0) is 4.79 Å².